The number of carbonyl (C=O) groups excluding carboxylic acids is 1. The average molecular weight is 393 g/mol. The van der Waals surface area contributed by atoms with Gasteiger partial charge >= 0.3 is 5.97 Å². The van der Waals surface area contributed by atoms with Crippen LogP contribution in [0.15, 0.2) is 29.3 Å². The molecule has 1 unspecified atom stereocenters. The summed E-state index contributed by atoms with van der Waals surface area (Å²) < 4.78 is 45.8. The minimum atomic E-state index is -2.62. The molecule has 0 aromatic heterocycles. The van der Waals surface area contributed by atoms with Crippen molar-refractivity contribution in [3.05, 3.63) is 41.2 Å². The first-order valence-corrected chi connectivity index (χ1v) is 9.79. The molecule has 1 atom stereocenters. The molecule has 6 heteroatoms. The van der Waals surface area contributed by atoms with Crippen molar-refractivity contribution in [1.29, 1.82) is 0 Å². The number of methoxy groups -OCH3 is 1. The minimum Gasteiger partial charge on any atom is -0.469 e. The van der Waals surface area contributed by atoms with Gasteiger partial charge in [0.2, 0.25) is 5.92 Å². The van der Waals surface area contributed by atoms with Crippen LogP contribution in [0.5, 0.6) is 0 Å². The van der Waals surface area contributed by atoms with Crippen LogP contribution in [0.2, 0.25) is 0 Å². The Morgan fingerprint density at radius 3 is 2.61 bits per heavy atom. The Bertz CT molecular complexity index is 791. The van der Waals surface area contributed by atoms with Gasteiger partial charge in [-0.1, -0.05) is 6.08 Å². The molecular weight excluding hydrogens is 367 g/mol. The van der Waals surface area contributed by atoms with Crippen LogP contribution in [0.25, 0.3) is 5.70 Å². The van der Waals surface area contributed by atoms with Gasteiger partial charge in [0.05, 0.1) is 19.2 Å². The van der Waals surface area contributed by atoms with Gasteiger partial charge in [-0.15, -0.1) is 0 Å². The molecule has 28 heavy (non-hydrogen) atoms. The van der Waals surface area contributed by atoms with Crippen molar-refractivity contribution in [2.45, 2.75) is 57.8 Å². The number of alkyl halides is 2. The van der Waals surface area contributed by atoms with E-state index in [1.54, 1.807) is 19.1 Å². The van der Waals surface area contributed by atoms with E-state index in [1.807, 2.05) is 6.08 Å². The molecular formula is C22H26F3NO2. The van der Waals surface area contributed by atoms with Gasteiger partial charge in [-0.2, -0.15) is 0 Å². The van der Waals surface area contributed by atoms with Gasteiger partial charge < -0.3 is 4.74 Å². The number of aliphatic imine (C=N–C) groups is 1. The third-order valence-corrected chi connectivity index (χ3v) is 5.75. The maximum Gasteiger partial charge on any atom is 0.306 e. The lowest BCUT2D eigenvalue weighted by atomic mass is 9.77. The van der Waals surface area contributed by atoms with E-state index in [9.17, 15) is 18.0 Å². The molecule has 1 saturated carbocycles. The van der Waals surface area contributed by atoms with Crippen LogP contribution >= 0.6 is 0 Å². The fourth-order valence-corrected chi connectivity index (χ4v) is 4.08. The highest BCUT2D eigenvalue weighted by Crippen LogP contribution is 2.40. The lowest BCUT2D eigenvalue weighted by Gasteiger charge is -2.32. The van der Waals surface area contributed by atoms with E-state index in [4.69, 9.17) is 9.73 Å². The molecule has 152 valence electrons. The molecule has 0 bridgehead atoms. The first-order chi connectivity index (χ1) is 13.3. The number of esters is 1. The van der Waals surface area contributed by atoms with Crippen LogP contribution in [-0.2, 0) is 9.53 Å². The first kappa shape index (κ1) is 20.6. The monoisotopic (exact) mass is 393 g/mol. The van der Waals surface area contributed by atoms with E-state index in [0.717, 1.165) is 17.0 Å². The summed E-state index contributed by atoms with van der Waals surface area (Å²) in [4.78, 5) is 16.8. The second-order valence-corrected chi connectivity index (χ2v) is 7.77. The third kappa shape index (κ3) is 4.83. The number of halogens is 3. The van der Waals surface area contributed by atoms with Crippen molar-refractivity contribution in [2.24, 2.45) is 16.8 Å². The van der Waals surface area contributed by atoms with E-state index in [-0.39, 0.29) is 42.9 Å². The van der Waals surface area contributed by atoms with Crippen molar-refractivity contribution in [3.63, 3.8) is 0 Å². The number of rotatable bonds is 4. The summed E-state index contributed by atoms with van der Waals surface area (Å²) in [6, 6.07) is 4.85. The fourth-order valence-electron chi connectivity index (χ4n) is 4.08. The number of allylic oxidation sites excluding steroid dienone is 1. The molecule has 2 aliphatic rings. The predicted octanol–water partition coefficient (Wildman–Crippen LogP) is 5.71. The first-order valence-electron chi connectivity index (χ1n) is 9.79. The number of benzene rings is 1. The SMILES string of the molecule is COC(=O)CC1CCC=C(c2ccc(F)c(C)c2)N=C1C1CCC(F)(F)CC1. The zero-order valence-corrected chi connectivity index (χ0v) is 16.3. The summed E-state index contributed by atoms with van der Waals surface area (Å²) in [5, 5.41) is 0. The van der Waals surface area contributed by atoms with E-state index < -0.39 is 5.92 Å². The van der Waals surface area contributed by atoms with Gasteiger partial charge in [-0.3, -0.25) is 9.79 Å². The van der Waals surface area contributed by atoms with E-state index in [0.29, 0.717) is 31.2 Å². The molecule has 1 aliphatic carbocycles. The number of ether oxygens (including phenoxy) is 1. The topological polar surface area (TPSA) is 38.7 Å². The summed E-state index contributed by atoms with van der Waals surface area (Å²) in [5.74, 6) is -3.41. The summed E-state index contributed by atoms with van der Waals surface area (Å²) >= 11 is 0. The maximum atomic E-state index is 13.7. The lowest BCUT2D eigenvalue weighted by Crippen LogP contribution is -2.33. The lowest BCUT2D eigenvalue weighted by molar-refractivity contribution is -0.141. The number of aryl methyl sites for hydroxylation is 1. The number of hydrogen-bond donors (Lipinski definition) is 0. The zero-order valence-electron chi connectivity index (χ0n) is 16.3. The van der Waals surface area contributed by atoms with E-state index in [1.165, 1.54) is 13.2 Å². The second kappa shape index (κ2) is 8.50. The summed E-state index contributed by atoms with van der Waals surface area (Å²) in [6.45, 7) is 1.70. The Hall–Kier alpha value is -2.11. The molecule has 0 N–H and O–H groups in total. The summed E-state index contributed by atoms with van der Waals surface area (Å²) in [5.41, 5.74) is 2.87. The molecule has 1 aromatic carbocycles. The van der Waals surface area contributed by atoms with Crippen LogP contribution in [0.1, 0.15) is 56.1 Å². The highest BCUT2D eigenvalue weighted by molar-refractivity contribution is 5.96. The zero-order chi connectivity index (χ0) is 20.3. The van der Waals surface area contributed by atoms with E-state index >= 15 is 0 Å². The molecule has 0 spiro atoms. The Morgan fingerprint density at radius 2 is 1.96 bits per heavy atom. The normalized spacial score (nSPS) is 22.8. The molecule has 0 radical (unpaired) electrons. The quantitative estimate of drug-likeness (QED) is 0.614. The van der Waals surface area contributed by atoms with Crippen molar-refractivity contribution < 1.29 is 22.7 Å². The molecule has 1 fully saturated rings. The third-order valence-electron chi connectivity index (χ3n) is 5.75. The van der Waals surface area contributed by atoms with Crippen molar-refractivity contribution in [3.8, 4) is 0 Å². The fraction of sp³-hybridized carbons (Fsp3) is 0.545. The largest absolute Gasteiger partial charge is 0.469 e. The standard InChI is InChI=1S/C22H26F3NO2/c1-14-12-16(6-7-18(14)23)19-5-3-4-17(13-20(27)28-2)21(26-19)15-8-10-22(24,25)11-9-15/h5-7,12,15,17H,3-4,8-11,13H2,1-2H3. The number of hydrogen-bond acceptors (Lipinski definition) is 3. The Kier molecular flexibility index (Phi) is 6.26. The Balaban J connectivity index is 1.93. The maximum absolute atomic E-state index is 13.7. The minimum absolute atomic E-state index is 0.0719. The average Bonchev–Trinajstić information content (AvgIpc) is 2.86. The molecule has 3 nitrogen and oxygen atoms in total. The Labute approximate surface area is 163 Å². The van der Waals surface area contributed by atoms with Gasteiger partial charge in [0.15, 0.2) is 0 Å². The van der Waals surface area contributed by atoms with Crippen molar-refractivity contribution in [2.75, 3.05) is 7.11 Å². The summed E-state index contributed by atoms with van der Waals surface area (Å²) in [6.07, 6.45) is 4.02. The van der Waals surface area contributed by atoms with Crippen LogP contribution < -0.4 is 0 Å². The van der Waals surface area contributed by atoms with E-state index in [2.05, 4.69) is 0 Å². The van der Waals surface area contributed by atoms with Crippen LogP contribution in [0.4, 0.5) is 13.2 Å². The molecule has 0 amide bonds. The van der Waals surface area contributed by atoms with Crippen molar-refractivity contribution in [1.82, 2.24) is 0 Å². The molecule has 1 aromatic rings. The molecule has 1 aliphatic heterocycles. The highest BCUT2D eigenvalue weighted by Gasteiger charge is 2.38. The van der Waals surface area contributed by atoms with Gasteiger partial charge in [0.1, 0.15) is 5.82 Å². The van der Waals surface area contributed by atoms with Gasteiger partial charge in [-0.25, -0.2) is 13.2 Å². The molecule has 0 saturated heterocycles. The van der Waals surface area contributed by atoms with Gasteiger partial charge in [0, 0.05) is 30.0 Å². The number of nitrogens with zero attached hydrogens (tertiary/aromatic N) is 1. The van der Waals surface area contributed by atoms with Gasteiger partial charge in [0.25, 0.3) is 0 Å². The van der Waals surface area contributed by atoms with Crippen LogP contribution in [-0.4, -0.2) is 24.7 Å². The van der Waals surface area contributed by atoms with Gasteiger partial charge in [-0.05, 0) is 62.3 Å². The van der Waals surface area contributed by atoms with Crippen LogP contribution in [0, 0.1) is 24.6 Å². The second-order valence-electron chi connectivity index (χ2n) is 7.77. The van der Waals surface area contributed by atoms with Crippen LogP contribution in [0.3, 0.4) is 0 Å². The predicted molar refractivity (Wildman–Crippen MR) is 103 cm³/mol. The van der Waals surface area contributed by atoms with Crippen molar-refractivity contribution >= 4 is 17.4 Å². The number of carbonyl (C=O) groups is 1. The highest BCUT2D eigenvalue weighted by atomic mass is 19.3. The molecule has 1 heterocycles. The smallest absolute Gasteiger partial charge is 0.306 e. The Morgan fingerprint density at radius 1 is 1.25 bits per heavy atom. The molecule has 3 rings (SSSR count). The summed E-state index contributed by atoms with van der Waals surface area (Å²) in [7, 11) is 1.35.